The van der Waals surface area contributed by atoms with Gasteiger partial charge in [0.25, 0.3) is 5.91 Å². The summed E-state index contributed by atoms with van der Waals surface area (Å²) in [6.45, 7) is 2.97. The molecule has 3 aromatic rings. The van der Waals surface area contributed by atoms with Crippen molar-refractivity contribution in [1.82, 2.24) is 9.88 Å². The third kappa shape index (κ3) is 3.94. The standard InChI is InChI=1S/C19H20F2N2O3/c1-12-6-16-18(26-12)10-17(19(24)22-4-3-5-25-2)23(16)11-13-7-14(20)9-15(21)8-13/h6-10H,3-5,11H2,1-2H3,(H,22,24). The Balaban J connectivity index is 1.92. The van der Waals surface area contributed by atoms with Crippen molar-refractivity contribution >= 4 is 17.0 Å². The fraction of sp³-hybridized carbons (Fsp3) is 0.316. The minimum absolute atomic E-state index is 0.151. The van der Waals surface area contributed by atoms with Crippen LogP contribution in [0.1, 0.15) is 28.2 Å². The average Bonchev–Trinajstić information content (AvgIpc) is 3.08. The Labute approximate surface area is 149 Å². The maximum Gasteiger partial charge on any atom is 0.268 e. The molecule has 0 radical (unpaired) electrons. The van der Waals surface area contributed by atoms with E-state index in [1.807, 2.05) is 0 Å². The Bertz CT molecular complexity index is 910. The minimum Gasteiger partial charge on any atom is -0.460 e. The predicted octanol–water partition coefficient (Wildman–Crippen LogP) is 3.64. The molecule has 0 atom stereocenters. The monoisotopic (exact) mass is 362 g/mol. The van der Waals surface area contributed by atoms with Crippen LogP contribution in [0.25, 0.3) is 11.1 Å². The summed E-state index contributed by atoms with van der Waals surface area (Å²) in [6, 6.07) is 6.76. The number of benzene rings is 1. The summed E-state index contributed by atoms with van der Waals surface area (Å²) in [5, 5.41) is 2.82. The zero-order valence-electron chi connectivity index (χ0n) is 14.6. The second-order valence-corrected chi connectivity index (χ2v) is 6.10. The van der Waals surface area contributed by atoms with Crippen LogP contribution in [-0.4, -0.2) is 30.7 Å². The van der Waals surface area contributed by atoms with E-state index in [4.69, 9.17) is 9.15 Å². The van der Waals surface area contributed by atoms with Crippen molar-refractivity contribution in [3.8, 4) is 0 Å². The van der Waals surface area contributed by atoms with E-state index in [1.54, 1.807) is 30.7 Å². The van der Waals surface area contributed by atoms with E-state index in [9.17, 15) is 13.6 Å². The van der Waals surface area contributed by atoms with Crippen LogP contribution in [0.5, 0.6) is 0 Å². The van der Waals surface area contributed by atoms with Gasteiger partial charge in [-0.3, -0.25) is 4.79 Å². The molecule has 3 rings (SSSR count). The van der Waals surface area contributed by atoms with Gasteiger partial charge in [-0.15, -0.1) is 0 Å². The first-order valence-electron chi connectivity index (χ1n) is 8.29. The number of furan rings is 1. The molecule has 1 amide bonds. The van der Waals surface area contributed by atoms with Gasteiger partial charge in [0.05, 0.1) is 5.52 Å². The Kier molecular flexibility index (Phi) is 5.37. The normalized spacial score (nSPS) is 11.2. The number of hydrogen-bond donors (Lipinski definition) is 1. The Morgan fingerprint density at radius 3 is 2.62 bits per heavy atom. The average molecular weight is 362 g/mol. The molecule has 7 heteroatoms. The van der Waals surface area contributed by atoms with Crippen molar-refractivity contribution in [2.75, 3.05) is 20.3 Å². The number of halogens is 2. The van der Waals surface area contributed by atoms with E-state index >= 15 is 0 Å². The lowest BCUT2D eigenvalue weighted by atomic mass is 10.2. The van der Waals surface area contributed by atoms with Crippen LogP contribution in [-0.2, 0) is 11.3 Å². The van der Waals surface area contributed by atoms with E-state index < -0.39 is 11.6 Å². The van der Waals surface area contributed by atoms with Crippen molar-refractivity contribution in [2.45, 2.75) is 19.9 Å². The van der Waals surface area contributed by atoms with Crippen molar-refractivity contribution in [3.05, 3.63) is 59.0 Å². The van der Waals surface area contributed by atoms with Crippen LogP contribution in [0, 0.1) is 18.6 Å². The number of hydrogen-bond acceptors (Lipinski definition) is 3. The lowest BCUT2D eigenvalue weighted by Crippen LogP contribution is -2.27. The van der Waals surface area contributed by atoms with Crippen molar-refractivity contribution < 1.29 is 22.7 Å². The SMILES string of the molecule is COCCCNC(=O)c1cc2oc(C)cc2n1Cc1cc(F)cc(F)c1. The second-order valence-electron chi connectivity index (χ2n) is 6.10. The topological polar surface area (TPSA) is 56.4 Å². The van der Waals surface area contributed by atoms with Gasteiger partial charge in [0.1, 0.15) is 23.1 Å². The molecule has 0 saturated carbocycles. The molecule has 2 heterocycles. The molecule has 0 aliphatic rings. The smallest absolute Gasteiger partial charge is 0.268 e. The molecule has 26 heavy (non-hydrogen) atoms. The van der Waals surface area contributed by atoms with Gasteiger partial charge in [-0.05, 0) is 31.0 Å². The van der Waals surface area contributed by atoms with Crippen LogP contribution in [0.15, 0.2) is 34.7 Å². The number of methoxy groups -OCH3 is 1. The second kappa shape index (κ2) is 7.70. The summed E-state index contributed by atoms with van der Waals surface area (Å²) < 4.78 is 39.3. The molecule has 0 saturated heterocycles. The third-order valence-corrected chi connectivity index (χ3v) is 4.02. The molecule has 0 fully saturated rings. The van der Waals surface area contributed by atoms with Crippen LogP contribution >= 0.6 is 0 Å². The van der Waals surface area contributed by atoms with E-state index in [-0.39, 0.29) is 12.5 Å². The Hall–Kier alpha value is -2.67. The maximum atomic E-state index is 13.5. The van der Waals surface area contributed by atoms with E-state index in [0.29, 0.717) is 47.7 Å². The maximum absolute atomic E-state index is 13.5. The minimum atomic E-state index is -0.655. The molecule has 2 aromatic heterocycles. The summed E-state index contributed by atoms with van der Waals surface area (Å²) in [5.74, 6) is -0.891. The number of carbonyl (C=O) groups is 1. The highest BCUT2D eigenvalue weighted by Gasteiger charge is 2.19. The molecule has 0 spiro atoms. The van der Waals surface area contributed by atoms with E-state index in [2.05, 4.69) is 5.32 Å². The highest BCUT2D eigenvalue weighted by Crippen LogP contribution is 2.25. The van der Waals surface area contributed by atoms with Gasteiger partial charge in [0, 0.05) is 45.0 Å². The fourth-order valence-electron chi connectivity index (χ4n) is 2.92. The molecular weight excluding hydrogens is 342 g/mol. The van der Waals surface area contributed by atoms with Gasteiger partial charge in [-0.1, -0.05) is 0 Å². The number of fused-ring (bicyclic) bond motifs is 1. The third-order valence-electron chi connectivity index (χ3n) is 4.02. The first-order valence-corrected chi connectivity index (χ1v) is 8.29. The number of aryl methyl sites for hydroxylation is 1. The number of ether oxygens (including phenoxy) is 1. The van der Waals surface area contributed by atoms with Gasteiger partial charge in [-0.2, -0.15) is 0 Å². The van der Waals surface area contributed by atoms with Gasteiger partial charge >= 0.3 is 0 Å². The van der Waals surface area contributed by atoms with Crippen LogP contribution in [0.2, 0.25) is 0 Å². The van der Waals surface area contributed by atoms with Gasteiger partial charge < -0.3 is 19.0 Å². The van der Waals surface area contributed by atoms with Crippen molar-refractivity contribution in [1.29, 1.82) is 0 Å². The molecule has 5 nitrogen and oxygen atoms in total. The number of nitrogens with one attached hydrogen (secondary N) is 1. The summed E-state index contributed by atoms with van der Waals surface area (Å²) in [7, 11) is 1.60. The fourth-order valence-corrected chi connectivity index (χ4v) is 2.92. The Morgan fingerprint density at radius 1 is 1.19 bits per heavy atom. The molecule has 0 bridgehead atoms. The lowest BCUT2D eigenvalue weighted by molar-refractivity contribution is 0.0940. The highest BCUT2D eigenvalue weighted by molar-refractivity contribution is 5.97. The summed E-state index contributed by atoms with van der Waals surface area (Å²) in [6.07, 6.45) is 0.688. The Morgan fingerprint density at radius 2 is 1.92 bits per heavy atom. The van der Waals surface area contributed by atoms with Gasteiger partial charge in [-0.25, -0.2) is 8.78 Å². The number of amides is 1. The first kappa shape index (κ1) is 18.1. The number of aromatic nitrogens is 1. The molecule has 1 aromatic carbocycles. The van der Waals surface area contributed by atoms with Gasteiger partial charge in [0.2, 0.25) is 0 Å². The molecule has 0 aliphatic carbocycles. The number of carbonyl (C=O) groups excluding carboxylic acids is 1. The van der Waals surface area contributed by atoms with E-state index in [0.717, 1.165) is 6.07 Å². The molecule has 1 N–H and O–H groups in total. The number of rotatable bonds is 7. The molecular formula is C19H20F2N2O3. The molecule has 0 unspecified atom stereocenters. The van der Waals surface area contributed by atoms with Crippen LogP contribution in [0.3, 0.4) is 0 Å². The highest BCUT2D eigenvalue weighted by atomic mass is 19.1. The summed E-state index contributed by atoms with van der Waals surface area (Å²) in [5.41, 5.74) is 2.06. The van der Waals surface area contributed by atoms with Crippen LogP contribution in [0.4, 0.5) is 8.78 Å². The lowest BCUT2D eigenvalue weighted by Gasteiger charge is -2.11. The summed E-state index contributed by atoms with van der Waals surface area (Å²) in [4.78, 5) is 12.5. The molecule has 0 aliphatic heterocycles. The quantitative estimate of drug-likeness (QED) is 0.653. The van der Waals surface area contributed by atoms with Crippen LogP contribution < -0.4 is 5.32 Å². The largest absolute Gasteiger partial charge is 0.460 e. The zero-order chi connectivity index (χ0) is 18.7. The van der Waals surface area contributed by atoms with Crippen molar-refractivity contribution in [2.24, 2.45) is 0 Å². The zero-order valence-corrected chi connectivity index (χ0v) is 14.6. The molecule has 138 valence electrons. The summed E-state index contributed by atoms with van der Waals surface area (Å²) >= 11 is 0. The van der Waals surface area contributed by atoms with E-state index in [1.165, 1.54) is 12.1 Å². The number of nitrogens with zero attached hydrogens (tertiary/aromatic N) is 1. The van der Waals surface area contributed by atoms with Gasteiger partial charge in [0.15, 0.2) is 5.58 Å². The van der Waals surface area contributed by atoms with Crippen molar-refractivity contribution in [3.63, 3.8) is 0 Å². The first-order chi connectivity index (χ1) is 12.5. The predicted molar refractivity (Wildman–Crippen MR) is 93.2 cm³/mol.